The van der Waals surface area contributed by atoms with Crippen molar-refractivity contribution in [3.8, 4) is 5.75 Å². The van der Waals surface area contributed by atoms with Crippen LogP contribution in [0.15, 0.2) is 24.3 Å². The highest BCUT2D eigenvalue weighted by atomic mass is 16.5. The monoisotopic (exact) mass is 289 g/mol. The molecule has 0 heterocycles. The van der Waals surface area contributed by atoms with Crippen molar-refractivity contribution in [3.63, 3.8) is 0 Å². The predicted octanol–water partition coefficient (Wildman–Crippen LogP) is 1.91. The smallest absolute Gasteiger partial charge is 0.307 e. The fraction of sp³-hybridized carbons (Fsp3) is 0.500. The minimum Gasteiger partial charge on any atom is -0.497 e. The highest BCUT2D eigenvalue weighted by molar-refractivity contribution is 5.89. The van der Waals surface area contributed by atoms with Crippen molar-refractivity contribution in [1.29, 1.82) is 0 Å². The number of carbonyl (C=O) groups excluding carboxylic acids is 1. The van der Waals surface area contributed by atoms with Crippen LogP contribution in [0.25, 0.3) is 0 Å². The Kier molecular flexibility index (Phi) is 3.57. The molecule has 21 heavy (non-hydrogen) atoms. The number of carboxylic acids is 1. The minimum absolute atomic E-state index is 0.000665. The molecule has 0 aliphatic heterocycles. The Balaban J connectivity index is 1.67. The van der Waals surface area contributed by atoms with E-state index < -0.39 is 11.9 Å². The summed E-state index contributed by atoms with van der Waals surface area (Å²) < 4.78 is 5.12. The van der Waals surface area contributed by atoms with Crippen molar-refractivity contribution in [3.05, 3.63) is 29.8 Å². The Morgan fingerprint density at radius 2 is 1.90 bits per heavy atom. The molecule has 1 N–H and O–H groups in total. The lowest BCUT2D eigenvalue weighted by Crippen LogP contribution is -2.34. The van der Waals surface area contributed by atoms with Gasteiger partial charge in [0.2, 0.25) is 5.91 Å². The van der Waals surface area contributed by atoms with Crippen LogP contribution in [-0.2, 0) is 16.1 Å². The lowest BCUT2D eigenvalue weighted by Gasteiger charge is -2.23. The summed E-state index contributed by atoms with van der Waals surface area (Å²) in [4.78, 5) is 25.3. The minimum atomic E-state index is -0.853. The molecule has 0 radical (unpaired) electrons. The lowest BCUT2D eigenvalue weighted by molar-refractivity contribution is -0.142. The quantitative estimate of drug-likeness (QED) is 0.868. The average Bonchev–Trinajstić information content (AvgIpc) is 3.37. The van der Waals surface area contributed by atoms with E-state index in [2.05, 4.69) is 0 Å². The Bertz CT molecular complexity index is 550. The van der Waals surface area contributed by atoms with Gasteiger partial charge in [-0.3, -0.25) is 9.59 Å². The topological polar surface area (TPSA) is 66.8 Å². The Hall–Kier alpha value is -2.04. The van der Waals surface area contributed by atoms with Gasteiger partial charge in [-0.05, 0) is 37.0 Å². The van der Waals surface area contributed by atoms with Gasteiger partial charge in [0.05, 0.1) is 18.9 Å². The third-order valence-corrected chi connectivity index (χ3v) is 4.21. The molecule has 2 aliphatic rings. The summed E-state index contributed by atoms with van der Waals surface area (Å²) >= 11 is 0. The number of benzene rings is 1. The Morgan fingerprint density at radius 3 is 2.38 bits per heavy atom. The van der Waals surface area contributed by atoms with Gasteiger partial charge in [0.1, 0.15) is 5.75 Å². The third kappa shape index (κ3) is 3.01. The molecule has 2 saturated carbocycles. The molecule has 0 aromatic heterocycles. The van der Waals surface area contributed by atoms with Crippen molar-refractivity contribution in [1.82, 2.24) is 4.90 Å². The number of carbonyl (C=O) groups is 2. The number of amides is 1. The molecule has 112 valence electrons. The number of carboxylic acid groups (broad SMARTS) is 1. The molecular weight excluding hydrogens is 270 g/mol. The summed E-state index contributed by atoms with van der Waals surface area (Å²) in [5, 5.41) is 8.97. The average molecular weight is 289 g/mol. The maximum absolute atomic E-state index is 12.5. The summed E-state index contributed by atoms with van der Waals surface area (Å²) in [6.07, 6.45) is 2.53. The van der Waals surface area contributed by atoms with E-state index in [1.165, 1.54) is 0 Å². The van der Waals surface area contributed by atoms with E-state index in [1.54, 1.807) is 7.11 Å². The fourth-order valence-corrected chi connectivity index (χ4v) is 2.65. The van der Waals surface area contributed by atoms with Crippen molar-refractivity contribution in [2.45, 2.75) is 31.8 Å². The SMILES string of the molecule is COc1ccc(CN(C(=O)[C@@H]2C[C@@H]2C(=O)O)C2CC2)cc1. The van der Waals surface area contributed by atoms with Gasteiger partial charge in [0.25, 0.3) is 0 Å². The summed E-state index contributed by atoms with van der Waals surface area (Å²) in [6.45, 7) is 0.552. The standard InChI is InChI=1S/C16H19NO4/c1-21-12-6-2-10(3-7-12)9-17(11-4-5-11)15(18)13-8-14(13)16(19)20/h2-3,6-7,11,13-14H,4-5,8-9H2,1H3,(H,19,20)/t13-,14+/m1/s1. The molecule has 3 rings (SSSR count). The van der Waals surface area contributed by atoms with Crippen molar-refractivity contribution >= 4 is 11.9 Å². The van der Waals surface area contributed by atoms with E-state index in [0.717, 1.165) is 24.2 Å². The number of hydrogen-bond donors (Lipinski definition) is 1. The van der Waals surface area contributed by atoms with Crippen LogP contribution >= 0.6 is 0 Å². The molecule has 5 heteroatoms. The summed E-state index contributed by atoms with van der Waals surface area (Å²) in [6, 6.07) is 7.94. The van der Waals surface area contributed by atoms with Gasteiger partial charge in [0, 0.05) is 12.6 Å². The maximum atomic E-state index is 12.5. The van der Waals surface area contributed by atoms with Gasteiger partial charge in [-0.2, -0.15) is 0 Å². The number of ether oxygens (including phenoxy) is 1. The lowest BCUT2D eigenvalue weighted by atomic mass is 10.2. The second kappa shape index (κ2) is 5.39. The highest BCUT2D eigenvalue weighted by Gasteiger charge is 2.51. The molecule has 0 unspecified atom stereocenters. The molecule has 0 spiro atoms. The zero-order valence-electron chi connectivity index (χ0n) is 12.0. The molecule has 2 aliphatic carbocycles. The highest BCUT2D eigenvalue weighted by Crippen LogP contribution is 2.42. The van der Waals surface area contributed by atoms with E-state index in [9.17, 15) is 9.59 Å². The van der Waals surface area contributed by atoms with Gasteiger partial charge in [-0.1, -0.05) is 12.1 Å². The number of methoxy groups -OCH3 is 1. The molecule has 1 aromatic carbocycles. The molecule has 2 atom stereocenters. The van der Waals surface area contributed by atoms with E-state index in [0.29, 0.717) is 13.0 Å². The maximum Gasteiger partial charge on any atom is 0.307 e. The van der Waals surface area contributed by atoms with Crippen molar-refractivity contribution in [2.75, 3.05) is 7.11 Å². The third-order valence-electron chi connectivity index (χ3n) is 4.21. The second-order valence-corrected chi connectivity index (χ2v) is 5.83. The van der Waals surface area contributed by atoms with Crippen LogP contribution in [0.5, 0.6) is 5.75 Å². The Morgan fingerprint density at radius 1 is 1.24 bits per heavy atom. The van der Waals surface area contributed by atoms with Gasteiger partial charge in [0.15, 0.2) is 0 Å². The summed E-state index contributed by atoms with van der Waals surface area (Å²) in [5.74, 6) is -0.860. The zero-order valence-corrected chi connectivity index (χ0v) is 12.0. The first-order valence-corrected chi connectivity index (χ1v) is 7.26. The first-order valence-electron chi connectivity index (χ1n) is 7.26. The van der Waals surface area contributed by atoms with E-state index in [-0.39, 0.29) is 17.9 Å². The molecular formula is C16H19NO4. The molecule has 1 amide bonds. The number of aliphatic carboxylic acids is 1. The van der Waals surface area contributed by atoms with Crippen LogP contribution in [0.3, 0.4) is 0 Å². The molecule has 0 saturated heterocycles. The van der Waals surface area contributed by atoms with E-state index >= 15 is 0 Å². The van der Waals surface area contributed by atoms with E-state index in [1.807, 2.05) is 29.2 Å². The van der Waals surface area contributed by atoms with Crippen LogP contribution in [0.4, 0.5) is 0 Å². The van der Waals surface area contributed by atoms with Crippen LogP contribution in [0, 0.1) is 11.8 Å². The molecule has 5 nitrogen and oxygen atoms in total. The Labute approximate surface area is 123 Å². The number of nitrogens with zero attached hydrogens (tertiary/aromatic N) is 1. The molecule has 1 aromatic rings. The molecule has 2 fully saturated rings. The summed E-state index contributed by atoms with van der Waals surface area (Å²) in [5.41, 5.74) is 1.04. The normalized spacial score (nSPS) is 23.5. The van der Waals surface area contributed by atoms with Crippen LogP contribution in [0.2, 0.25) is 0 Å². The van der Waals surface area contributed by atoms with Gasteiger partial charge in [-0.15, -0.1) is 0 Å². The van der Waals surface area contributed by atoms with Crippen LogP contribution < -0.4 is 4.74 Å². The first kappa shape index (κ1) is 13.9. The van der Waals surface area contributed by atoms with Crippen molar-refractivity contribution in [2.24, 2.45) is 11.8 Å². The molecule has 0 bridgehead atoms. The van der Waals surface area contributed by atoms with Gasteiger partial charge >= 0.3 is 5.97 Å². The second-order valence-electron chi connectivity index (χ2n) is 5.83. The number of rotatable bonds is 6. The summed E-state index contributed by atoms with van der Waals surface area (Å²) in [7, 11) is 1.62. The fourth-order valence-electron chi connectivity index (χ4n) is 2.65. The van der Waals surface area contributed by atoms with Gasteiger partial charge < -0.3 is 14.7 Å². The van der Waals surface area contributed by atoms with Crippen molar-refractivity contribution < 1.29 is 19.4 Å². The zero-order chi connectivity index (χ0) is 15.0. The first-order chi connectivity index (χ1) is 10.1. The van der Waals surface area contributed by atoms with Gasteiger partial charge in [-0.25, -0.2) is 0 Å². The number of hydrogen-bond acceptors (Lipinski definition) is 3. The predicted molar refractivity (Wildman–Crippen MR) is 75.8 cm³/mol. The van der Waals surface area contributed by atoms with E-state index in [4.69, 9.17) is 9.84 Å². The van der Waals surface area contributed by atoms with Crippen LogP contribution in [-0.4, -0.2) is 35.0 Å². The van der Waals surface area contributed by atoms with Crippen LogP contribution in [0.1, 0.15) is 24.8 Å². The largest absolute Gasteiger partial charge is 0.497 e.